The van der Waals surface area contributed by atoms with Gasteiger partial charge in [-0.2, -0.15) is 0 Å². The first-order valence-corrected chi connectivity index (χ1v) is 9.68. The molecule has 1 aromatic rings. The summed E-state index contributed by atoms with van der Waals surface area (Å²) in [5.41, 5.74) is 0. The molecule has 0 bridgehead atoms. The number of halogens is 2. The van der Waals surface area contributed by atoms with Gasteiger partial charge in [0.05, 0.1) is 11.6 Å². The van der Waals surface area contributed by atoms with Gasteiger partial charge in [0, 0.05) is 44.8 Å². The summed E-state index contributed by atoms with van der Waals surface area (Å²) < 4.78 is 0. The number of hydrogen-bond donors (Lipinski definition) is 3. The zero-order valence-electron chi connectivity index (χ0n) is 16.0. The molecule has 27 heavy (non-hydrogen) atoms. The highest BCUT2D eigenvalue weighted by Crippen LogP contribution is 2.25. The number of hydrogen-bond acceptors (Lipinski definition) is 4. The fourth-order valence-electron chi connectivity index (χ4n) is 2.82. The first-order valence-electron chi connectivity index (χ1n) is 9.31. The van der Waals surface area contributed by atoms with E-state index in [9.17, 15) is 4.79 Å². The van der Waals surface area contributed by atoms with E-state index in [0.717, 1.165) is 50.8 Å². The maximum atomic E-state index is 11.7. The number of carbonyl (C=O) groups is 1. The second-order valence-electron chi connectivity index (χ2n) is 6.25. The first kappa shape index (κ1) is 23.7. The number of amides is 1. The molecule has 1 fully saturated rings. The van der Waals surface area contributed by atoms with Crippen LogP contribution in [-0.4, -0.2) is 55.6 Å². The molecule has 9 heteroatoms. The van der Waals surface area contributed by atoms with Gasteiger partial charge in [0.15, 0.2) is 5.96 Å². The summed E-state index contributed by atoms with van der Waals surface area (Å²) in [6.07, 6.45) is 4.08. The van der Waals surface area contributed by atoms with E-state index in [1.165, 1.54) is 0 Å². The Morgan fingerprint density at radius 1 is 1.41 bits per heavy atom. The number of pyridine rings is 1. The van der Waals surface area contributed by atoms with Crippen molar-refractivity contribution >= 4 is 53.3 Å². The fraction of sp³-hybridized carbons (Fsp3) is 0.611. The van der Waals surface area contributed by atoms with Gasteiger partial charge in [-0.25, -0.2) is 4.98 Å². The van der Waals surface area contributed by atoms with Crippen molar-refractivity contribution in [1.82, 2.24) is 20.9 Å². The average Bonchev–Trinajstić information content (AvgIpc) is 3.08. The third-order valence-electron chi connectivity index (χ3n) is 4.09. The molecule has 2 rings (SSSR count). The van der Waals surface area contributed by atoms with E-state index in [0.29, 0.717) is 18.0 Å². The van der Waals surface area contributed by atoms with Gasteiger partial charge >= 0.3 is 0 Å². The fourth-order valence-corrected chi connectivity index (χ4v) is 3.06. The summed E-state index contributed by atoms with van der Waals surface area (Å²) in [5.74, 6) is 1.62. The summed E-state index contributed by atoms with van der Waals surface area (Å²) in [5, 5.41) is 10.2. The van der Waals surface area contributed by atoms with Gasteiger partial charge in [-0.1, -0.05) is 18.5 Å². The van der Waals surface area contributed by atoms with Crippen LogP contribution < -0.4 is 20.9 Å². The zero-order valence-corrected chi connectivity index (χ0v) is 19.1. The number of guanidine groups is 1. The maximum absolute atomic E-state index is 11.7. The SMILES string of the molecule is CCCNC(=O)CCN=C(NCC)NC1CCN(c2ncccc2Cl)C1.I. The van der Waals surface area contributed by atoms with Crippen LogP contribution in [0.3, 0.4) is 0 Å². The van der Waals surface area contributed by atoms with Crippen LogP contribution in [0.15, 0.2) is 23.3 Å². The number of aliphatic imine (C=N–C) groups is 1. The molecule has 1 unspecified atom stereocenters. The number of nitrogens with one attached hydrogen (secondary N) is 3. The van der Waals surface area contributed by atoms with Gasteiger partial charge < -0.3 is 20.9 Å². The van der Waals surface area contributed by atoms with Crippen LogP contribution in [0.5, 0.6) is 0 Å². The molecule has 0 radical (unpaired) electrons. The van der Waals surface area contributed by atoms with E-state index < -0.39 is 0 Å². The van der Waals surface area contributed by atoms with E-state index >= 15 is 0 Å². The Kier molecular flexibility index (Phi) is 11.4. The van der Waals surface area contributed by atoms with E-state index in [1.807, 2.05) is 26.0 Å². The molecular weight excluding hydrogens is 479 g/mol. The van der Waals surface area contributed by atoms with Crippen LogP contribution in [-0.2, 0) is 4.79 Å². The molecule has 0 spiro atoms. The normalized spacial score (nSPS) is 16.6. The first-order chi connectivity index (χ1) is 12.6. The van der Waals surface area contributed by atoms with Gasteiger partial charge in [-0.05, 0) is 31.9 Å². The third-order valence-corrected chi connectivity index (χ3v) is 4.39. The Morgan fingerprint density at radius 2 is 2.22 bits per heavy atom. The lowest BCUT2D eigenvalue weighted by Crippen LogP contribution is -2.44. The predicted molar refractivity (Wildman–Crippen MR) is 122 cm³/mol. The average molecular weight is 509 g/mol. The number of anilines is 1. The third kappa shape index (κ3) is 8.08. The van der Waals surface area contributed by atoms with Crippen LogP contribution in [0, 0.1) is 0 Å². The lowest BCUT2D eigenvalue weighted by molar-refractivity contribution is -0.120. The highest BCUT2D eigenvalue weighted by Gasteiger charge is 2.25. The molecule has 1 amide bonds. The van der Waals surface area contributed by atoms with Crippen molar-refractivity contribution in [3.8, 4) is 0 Å². The van der Waals surface area contributed by atoms with Gasteiger partial charge in [-0.15, -0.1) is 24.0 Å². The Hall–Kier alpha value is -1.29. The number of nitrogens with zero attached hydrogens (tertiary/aromatic N) is 3. The number of aromatic nitrogens is 1. The number of rotatable bonds is 8. The summed E-state index contributed by atoms with van der Waals surface area (Å²) in [6.45, 7) is 7.73. The minimum absolute atomic E-state index is 0. The topological polar surface area (TPSA) is 81.6 Å². The highest BCUT2D eigenvalue weighted by atomic mass is 127. The second kappa shape index (κ2) is 13.0. The van der Waals surface area contributed by atoms with Crippen LogP contribution in [0.25, 0.3) is 0 Å². The van der Waals surface area contributed by atoms with Gasteiger partial charge in [0.2, 0.25) is 5.91 Å². The lowest BCUT2D eigenvalue weighted by atomic mass is 10.3. The Labute approximate surface area is 183 Å². The summed E-state index contributed by atoms with van der Waals surface area (Å²) >= 11 is 6.24. The second-order valence-corrected chi connectivity index (χ2v) is 6.65. The largest absolute Gasteiger partial charge is 0.357 e. The quantitative estimate of drug-likeness (QED) is 0.285. The zero-order chi connectivity index (χ0) is 18.8. The molecule has 0 aromatic carbocycles. The highest BCUT2D eigenvalue weighted by molar-refractivity contribution is 14.0. The molecule has 152 valence electrons. The molecule has 7 nitrogen and oxygen atoms in total. The molecule has 0 aliphatic carbocycles. The van der Waals surface area contributed by atoms with E-state index in [2.05, 4.69) is 30.8 Å². The van der Waals surface area contributed by atoms with Crippen LogP contribution in [0.2, 0.25) is 5.02 Å². The summed E-state index contributed by atoms with van der Waals surface area (Å²) in [4.78, 5) is 22.7. The van der Waals surface area contributed by atoms with Crippen molar-refractivity contribution in [2.45, 2.75) is 39.2 Å². The molecule has 1 aliphatic rings. The maximum Gasteiger partial charge on any atom is 0.221 e. The summed E-state index contributed by atoms with van der Waals surface area (Å²) in [7, 11) is 0. The molecule has 3 N–H and O–H groups in total. The smallest absolute Gasteiger partial charge is 0.221 e. The lowest BCUT2D eigenvalue weighted by Gasteiger charge is -2.20. The standard InChI is InChI=1S/C18H29ClN6O.HI/c1-3-9-21-16(26)7-11-23-18(20-4-2)24-14-8-12-25(13-14)17-15(19)6-5-10-22-17;/h5-6,10,14H,3-4,7-9,11-13H2,1-2H3,(H,21,26)(H2,20,23,24);1H. The van der Waals surface area contributed by atoms with Crippen molar-refractivity contribution in [3.63, 3.8) is 0 Å². The molecule has 0 saturated carbocycles. The van der Waals surface area contributed by atoms with Gasteiger partial charge in [-0.3, -0.25) is 9.79 Å². The van der Waals surface area contributed by atoms with Gasteiger partial charge in [0.1, 0.15) is 5.82 Å². The number of carbonyl (C=O) groups excluding carboxylic acids is 1. The van der Waals surface area contributed by atoms with Gasteiger partial charge in [0.25, 0.3) is 0 Å². The molecule has 1 atom stereocenters. The summed E-state index contributed by atoms with van der Waals surface area (Å²) in [6, 6.07) is 3.96. The Morgan fingerprint density at radius 3 is 2.93 bits per heavy atom. The molecule has 1 aliphatic heterocycles. The van der Waals surface area contributed by atoms with E-state index in [1.54, 1.807) is 6.20 Å². The molecule has 1 saturated heterocycles. The van der Waals surface area contributed by atoms with E-state index in [4.69, 9.17) is 11.6 Å². The molecule has 1 aromatic heterocycles. The van der Waals surface area contributed by atoms with Crippen molar-refractivity contribution in [2.24, 2.45) is 4.99 Å². The minimum atomic E-state index is 0. The van der Waals surface area contributed by atoms with Crippen LogP contribution >= 0.6 is 35.6 Å². The Balaban J connectivity index is 0.00000364. The van der Waals surface area contributed by atoms with Crippen molar-refractivity contribution in [3.05, 3.63) is 23.4 Å². The van der Waals surface area contributed by atoms with Crippen LogP contribution in [0.4, 0.5) is 5.82 Å². The van der Waals surface area contributed by atoms with Crippen molar-refractivity contribution in [1.29, 1.82) is 0 Å². The predicted octanol–water partition coefficient (Wildman–Crippen LogP) is 2.40. The van der Waals surface area contributed by atoms with Crippen LogP contribution in [0.1, 0.15) is 33.1 Å². The Bertz CT molecular complexity index is 615. The minimum Gasteiger partial charge on any atom is -0.357 e. The molecule has 2 heterocycles. The monoisotopic (exact) mass is 508 g/mol. The molecular formula is C18H30ClIN6O. The van der Waals surface area contributed by atoms with Crippen molar-refractivity contribution in [2.75, 3.05) is 37.6 Å². The van der Waals surface area contributed by atoms with Crippen molar-refractivity contribution < 1.29 is 4.79 Å². The van der Waals surface area contributed by atoms with E-state index in [-0.39, 0.29) is 35.9 Å².